The highest BCUT2D eigenvalue weighted by molar-refractivity contribution is 5.87. The van der Waals surface area contributed by atoms with Crippen molar-refractivity contribution in [2.45, 2.75) is 6.54 Å². The first-order valence-electron chi connectivity index (χ1n) is 7.27. The minimum atomic E-state index is -0.958. The summed E-state index contributed by atoms with van der Waals surface area (Å²) in [5, 5.41) is 20.3. The van der Waals surface area contributed by atoms with Gasteiger partial charge in [0.05, 0.1) is 11.3 Å². The Labute approximate surface area is 137 Å². The number of carbonyl (C=O) groups is 1. The fraction of sp³-hybridized carbons (Fsp3) is 0.0556. The van der Waals surface area contributed by atoms with Gasteiger partial charge in [-0.25, -0.2) is 9.18 Å². The topological polar surface area (TPSA) is 75.1 Å². The van der Waals surface area contributed by atoms with Crippen molar-refractivity contribution in [2.24, 2.45) is 0 Å². The lowest BCUT2D eigenvalue weighted by molar-refractivity contribution is 0.0696. The van der Waals surface area contributed by atoms with E-state index in [1.54, 1.807) is 42.5 Å². The van der Waals surface area contributed by atoms with Gasteiger partial charge in [-0.15, -0.1) is 10.2 Å². The molecule has 24 heavy (non-hydrogen) atoms. The highest BCUT2D eigenvalue weighted by Crippen LogP contribution is 2.17. The predicted octanol–water partition coefficient (Wildman–Crippen LogP) is 3.59. The Morgan fingerprint density at radius 3 is 2.50 bits per heavy atom. The minimum absolute atomic E-state index is 0.243. The maximum absolute atomic E-state index is 12.9. The van der Waals surface area contributed by atoms with E-state index in [1.165, 1.54) is 12.1 Å². The Balaban J connectivity index is 1.67. The smallest absolute Gasteiger partial charge is 0.335 e. The van der Waals surface area contributed by atoms with E-state index in [0.29, 0.717) is 18.1 Å². The molecule has 2 N–H and O–H groups in total. The maximum atomic E-state index is 12.9. The van der Waals surface area contributed by atoms with Crippen LogP contribution in [0, 0.1) is 5.82 Å². The summed E-state index contributed by atoms with van der Waals surface area (Å²) in [7, 11) is 0. The molecule has 0 fully saturated rings. The second kappa shape index (κ2) is 6.87. The number of nitrogens with zero attached hydrogens (tertiary/aromatic N) is 2. The minimum Gasteiger partial charge on any atom is -0.478 e. The first-order chi connectivity index (χ1) is 11.6. The molecular formula is C18H14FN3O2. The van der Waals surface area contributed by atoms with Gasteiger partial charge in [0.2, 0.25) is 0 Å². The molecule has 0 unspecified atom stereocenters. The van der Waals surface area contributed by atoms with E-state index in [9.17, 15) is 9.18 Å². The zero-order valence-electron chi connectivity index (χ0n) is 12.6. The third-order valence-electron chi connectivity index (χ3n) is 3.45. The van der Waals surface area contributed by atoms with E-state index < -0.39 is 5.97 Å². The summed E-state index contributed by atoms with van der Waals surface area (Å²) >= 11 is 0. The predicted molar refractivity (Wildman–Crippen MR) is 88.2 cm³/mol. The third kappa shape index (κ3) is 3.73. The number of aromatic nitrogens is 2. The fourth-order valence-corrected chi connectivity index (χ4v) is 2.21. The van der Waals surface area contributed by atoms with Crippen LogP contribution in [0.4, 0.5) is 10.2 Å². The molecule has 0 saturated carbocycles. The van der Waals surface area contributed by atoms with Gasteiger partial charge in [0, 0.05) is 12.1 Å². The van der Waals surface area contributed by atoms with Crippen LogP contribution in [0.2, 0.25) is 0 Å². The van der Waals surface area contributed by atoms with E-state index >= 15 is 0 Å². The van der Waals surface area contributed by atoms with E-state index in [0.717, 1.165) is 11.1 Å². The highest BCUT2D eigenvalue weighted by atomic mass is 19.1. The second-order valence-electron chi connectivity index (χ2n) is 5.17. The van der Waals surface area contributed by atoms with Crippen LogP contribution in [0.1, 0.15) is 15.9 Å². The Morgan fingerprint density at radius 2 is 1.83 bits per heavy atom. The molecule has 120 valence electrons. The molecule has 0 amide bonds. The first kappa shape index (κ1) is 15.6. The van der Waals surface area contributed by atoms with Crippen molar-refractivity contribution >= 4 is 11.8 Å². The van der Waals surface area contributed by atoms with Crippen molar-refractivity contribution in [1.82, 2.24) is 10.2 Å². The molecule has 6 heteroatoms. The van der Waals surface area contributed by atoms with Gasteiger partial charge in [-0.2, -0.15) is 0 Å². The van der Waals surface area contributed by atoms with Crippen LogP contribution >= 0.6 is 0 Å². The molecule has 0 spiro atoms. The second-order valence-corrected chi connectivity index (χ2v) is 5.17. The summed E-state index contributed by atoms with van der Waals surface area (Å²) in [5.41, 5.74) is 2.50. The molecule has 0 atom stereocenters. The number of benzene rings is 2. The van der Waals surface area contributed by atoms with Crippen molar-refractivity contribution in [3.05, 3.63) is 77.6 Å². The molecule has 3 rings (SSSR count). The Morgan fingerprint density at radius 1 is 1.04 bits per heavy atom. The van der Waals surface area contributed by atoms with E-state index in [4.69, 9.17) is 5.11 Å². The number of halogens is 1. The highest BCUT2D eigenvalue weighted by Gasteiger charge is 2.04. The van der Waals surface area contributed by atoms with Gasteiger partial charge < -0.3 is 10.4 Å². The molecule has 1 aromatic heterocycles. The van der Waals surface area contributed by atoms with Gasteiger partial charge in [0.1, 0.15) is 11.6 Å². The molecular weight excluding hydrogens is 309 g/mol. The van der Waals surface area contributed by atoms with Crippen LogP contribution in [0.3, 0.4) is 0 Å². The van der Waals surface area contributed by atoms with Crippen LogP contribution in [-0.2, 0) is 6.54 Å². The molecule has 0 aliphatic carbocycles. The average Bonchev–Trinajstić information content (AvgIpc) is 2.61. The fourth-order valence-electron chi connectivity index (χ4n) is 2.21. The average molecular weight is 323 g/mol. The van der Waals surface area contributed by atoms with Crippen molar-refractivity contribution in [2.75, 3.05) is 5.32 Å². The van der Waals surface area contributed by atoms with Crippen molar-refractivity contribution in [3.8, 4) is 11.3 Å². The molecule has 2 aromatic carbocycles. The molecule has 0 radical (unpaired) electrons. The monoisotopic (exact) mass is 323 g/mol. The lowest BCUT2D eigenvalue weighted by Crippen LogP contribution is -2.04. The number of anilines is 1. The van der Waals surface area contributed by atoms with E-state index in [-0.39, 0.29) is 11.4 Å². The van der Waals surface area contributed by atoms with Gasteiger partial charge in [-0.05, 0) is 54.1 Å². The quantitative estimate of drug-likeness (QED) is 0.750. The Bertz CT molecular complexity index is 849. The zero-order chi connectivity index (χ0) is 16.9. The van der Waals surface area contributed by atoms with Crippen LogP contribution < -0.4 is 5.32 Å². The third-order valence-corrected chi connectivity index (χ3v) is 3.45. The number of aromatic carboxylic acids is 1. The summed E-state index contributed by atoms with van der Waals surface area (Å²) in [4.78, 5) is 11.0. The number of hydrogen-bond donors (Lipinski definition) is 2. The molecule has 0 aliphatic rings. The Kier molecular flexibility index (Phi) is 4.47. The van der Waals surface area contributed by atoms with Crippen LogP contribution in [0.25, 0.3) is 11.3 Å². The van der Waals surface area contributed by atoms with Crippen LogP contribution in [0.5, 0.6) is 0 Å². The summed E-state index contributed by atoms with van der Waals surface area (Å²) in [5.74, 6) is -0.685. The number of nitrogens with one attached hydrogen (secondary N) is 1. The lowest BCUT2D eigenvalue weighted by Gasteiger charge is -2.07. The summed E-state index contributed by atoms with van der Waals surface area (Å²) in [6, 6.07) is 16.3. The molecule has 1 heterocycles. The van der Waals surface area contributed by atoms with E-state index in [2.05, 4.69) is 15.5 Å². The molecule has 0 saturated heterocycles. The lowest BCUT2D eigenvalue weighted by atomic mass is 10.1. The molecule has 0 aliphatic heterocycles. The van der Waals surface area contributed by atoms with Crippen molar-refractivity contribution < 1.29 is 14.3 Å². The normalized spacial score (nSPS) is 10.4. The molecule has 0 bridgehead atoms. The van der Waals surface area contributed by atoms with Crippen LogP contribution in [0.15, 0.2) is 60.7 Å². The molecule has 3 aromatic rings. The molecule has 5 nitrogen and oxygen atoms in total. The van der Waals surface area contributed by atoms with Gasteiger partial charge in [-0.1, -0.05) is 12.1 Å². The summed E-state index contributed by atoms with van der Waals surface area (Å²) in [6.45, 7) is 0.436. The number of hydrogen-bond acceptors (Lipinski definition) is 4. The summed E-state index contributed by atoms with van der Waals surface area (Å²) < 4.78 is 12.9. The maximum Gasteiger partial charge on any atom is 0.335 e. The van der Waals surface area contributed by atoms with Crippen LogP contribution in [-0.4, -0.2) is 21.3 Å². The number of rotatable bonds is 5. The van der Waals surface area contributed by atoms with E-state index in [1.807, 2.05) is 6.07 Å². The Hall–Kier alpha value is -3.28. The zero-order valence-corrected chi connectivity index (χ0v) is 12.6. The number of carboxylic acid groups (broad SMARTS) is 1. The van der Waals surface area contributed by atoms with Gasteiger partial charge in [-0.3, -0.25) is 0 Å². The SMILES string of the molecule is O=C(O)c1cccc(CNc2ccc(-c3ccc(F)cc3)nn2)c1. The first-order valence-corrected chi connectivity index (χ1v) is 7.27. The van der Waals surface area contributed by atoms with Crippen molar-refractivity contribution in [3.63, 3.8) is 0 Å². The largest absolute Gasteiger partial charge is 0.478 e. The summed E-state index contributed by atoms with van der Waals surface area (Å²) in [6.07, 6.45) is 0. The standard InChI is InChI=1S/C18H14FN3O2/c19-15-6-4-13(5-7-15)16-8-9-17(22-21-16)20-11-12-2-1-3-14(10-12)18(23)24/h1-10H,11H2,(H,20,22)(H,23,24). The number of carboxylic acids is 1. The van der Waals surface area contributed by atoms with Gasteiger partial charge >= 0.3 is 5.97 Å². The van der Waals surface area contributed by atoms with Crippen molar-refractivity contribution in [1.29, 1.82) is 0 Å². The van der Waals surface area contributed by atoms with Gasteiger partial charge in [0.15, 0.2) is 0 Å². The van der Waals surface area contributed by atoms with Gasteiger partial charge in [0.25, 0.3) is 0 Å².